The van der Waals surface area contributed by atoms with Gasteiger partial charge >= 0.3 is 0 Å². The fourth-order valence-electron chi connectivity index (χ4n) is 3.53. The van der Waals surface area contributed by atoms with Gasteiger partial charge in [0.15, 0.2) is 0 Å². The molecule has 1 aliphatic rings. The summed E-state index contributed by atoms with van der Waals surface area (Å²) in [7, 11) is 0. The Bertz CT molecular complexity index is 1060. The summed E-state index contributed by atoms with van der Waals surface area (Å²) in [6.07, 6.45) is 0.0546. The number of carbonyl (C=O) groups is 2. The van der Waals surface area contributed by atoms with E-state index in [0.717, 1.165) is 20.6 Å². The lowest BCUT2D eigenvalue weighted by Gasteiger charge is -2.29. The summed E-state index contributed by atoms with van der Waals surface area (Å²) < 4.78 is 6.57. The zero-order valence-corrected chi connectivity index (χ0v) is 19.0. The lowest BCUT2D eigenvalue weighted by molar-refractivity contribution is -0.117. The van der Waals surface area contributed by atoms with Crippen LogP contribution in [0.5, 0.6) is 5.75 Å². The number of amides is 2. The number of halogens is 1. The van der Waals surface area contributed by atoms with Gasteiger partial charge in [-0.3, -0.25) is 9.59 Å². The van der Waals surface area contributed by atoms with Crippen molar-refractivity contribution in [2.24, 2.45) is 0 Å². The summed E-state index contributed by atoms with van der Waals surface area (Å²) in [4.78, 5) is 28.8. The number of hydrogen-bond acceptors (Lipinski definition) is 4. The standard InChI is InChI=1S/C23H21BrN2O3S/c1-14(2)29-17-8-5-15(6-9-17)23(28)26-13-21(27)25-19-10-7-16(24)12-18(19)22(26)20-4-3-11-30-20/h3-12,14,22H,13H2,1-2H3,(H,25,27). The summed E-state index contributed by atoms with van der Waals surface area (Å²) in [5, 5.41) is 4.92. The molecule has 2 aromatic carbocycles. The molecule has 0 saturated heterocycles. The number of fused-ring (bicyclic) bond motifs is 1. The highest BCUT2D eigenvalue weighted by Crippen LogP contribution is 2.39. The van der Waals surface area contributed by atoms with Gasteiger partial charge in [-0.1, -0.05) is 22.0 Å². The van der Waals surface area contributed by atoms with Gasteiger partial charge in [0, 0.05) is 26.2 Å². The SMILES string of the molecule is CC(C)Oc1ccc(C(=O)N2CC(=O)Nc3ccc(Br)cc3C2c2cccs2)cc1. The van der Waals surface area contributed by atoms with Gasteiger partial charge in [-0.15, -0.1) is 11.3 Å². The van der Waals surface area contributed by atoms with Gasteiger partial charge in [-0.2, -0.15) is 0 Å². The number of nitrogens with zero attached hydrogens (tertiary/aromatic N) is 1. The first kappa shape index (κ1) is 20.6. The van der Waals surface area contributed by atoms with E-state index in [4.69, 9.17) is 4.74 Å². The molecular formula is C23H21BrN2O3S. The van der Waals surface area contributed by atoms with Crippen LogP contribution in [0.2, 0.25) is 0 Å². The molecule has 0 saturated carbocycles. The Labute approximate surface area is 187 Å². The van der Waals surface area contributed by atoms with Crippen LogP contribution in [-0.4, -0.2) is 29.4 Å². The summed E-state index contributed by atoms with van der Waals surface area (Å²) in [5.41, 5.74) is 2.11. The molecule has 0 bridgehead atoms. The van der Waals surface area contributed by atoms with E-state index in [-0.39, 0.29) is 30.5 Å². The predicted octanol–water partition coefficient (Wildman–Crippen LogP) is 5.48. The van der Waals surface area contributed by atoms with E-state index in [1.807, 2.05) is 49.6 Å². The van der Waals surface area contributed by atoms with Crippen molar-refractivity contribution in [1.29, 1.82) is 0 Å². The lowest BCUT2D eigenvalue weighted by atomic mass is 10.0. The first-order valence-electron chi connectivity index (χ1n) is 9.63. The Morgan fingerprint density at radius 2 is 1.97 bits per heavy atom. The van der Waals surface area contributed by atoms with Crippen molar-refractivity contribution in [1.82, 2.24) is 4.90 Å². The molecule has 1 N–H and O–H groups in total. The zero-order valence-electron chi connectivity index (χ0n) is 16.6. The number of hydrogen-bond donors (Lipinski definition) is 1. The fraction of sp³-hybridized carbons (Fsp3) is 0.217. The number of rotatable bonds is 4. The molecule has 5 nitrogen and oxygen atoms in total. The summed E-state index contributed by atoms with van der Waals surface area (Å²) in [6, 6.07) is 16.4. The molecule has 1 atom stereocenters. The Balaban J connectivity index is 1.76. The molecular weight excluding hydrogens is 464 g/mol. The Kier molecular flexibility index (Phi) is 5.92. The van der Waals surface area contributed by atoms with Gasteiger partial charge in [0.1, 0.15) is 12.3 Å². The predicted molar refractivity (Wildman–Crippen MR) is 122 cm³/mol. The summed E-state index contributed by atoms with van der Waals surface area (Å²) >= 11 is 5.09. The van der Waals surface area contributed by atoms with Crippen LogP contribution in [0.3, 0.4) is 0 Å². The average molecular weight is 485 g/mol. The van der Waals surface area contributed by atoms with Gasteiger partial charge in [-0.05, 0) is 67.8 Å². The van der Waals surface area contributed by atoms with E-state index in [1.165, 1.54) is 0 Å². The summed E-state index contributed by atoms with van der Waals surface area (Å²) in [5.74, 6) is 0.289. The van der Waals surface area contributed by atoms with Gasteiger partial charge in [0.25, 0.3) is 5.91 Å². The third kappa shape index (κ3) is 4.27. The highest BCUT2D eigenvalue weighted by molar-refractivity contribution is 9.10. The van der Waals surface area contributed by atoms with E-state index in [9.17, 15) is 9.59 Å². The van der Waals surface area contributed by atoms with Crippen molar-refractivity contribution < 1.29 is 14.3 Å². The molecule has 4 rings (SSSR count). The second-order valence-electron chi connectivity index (χ2n) is 7.32. The second-order valence-corrected chi connectivity index (χ2v) is 9.22. The molecule has 30 heavy (non-hydrogen) atoms. The number of thiophene rings is 1. The quantitative estimate of drug-likeness (QED) is 0.533. The Morgan fingerprint density at radius 3 is 2.63 bits per heavy atom. The Hall–Kier alpha value is -2.64. The van der Waals surface area contributed by atoms with Gasteiger partial charge < -0.3 is 15.0 Å². The number of benzene rings is 2. The zero-order chi connectivity index (χ0) is 21.3. The maximum atomic E-state index is 13.5. The molecule has 2 amide bonds. The molecule has 2 heterocycles. The van der Waals surface area contributed by atoms with Crippen molar-refractivity contribution in [3.05, 3.63) is 80.5 Å². The van der Waals surface area contributed by atoms with Crippen LogP contribution in [-0.2, 0) is 4.79 Å². The van der Waals surface area contributed by atoms with Crippen molar-refractivity contribution >= 4 is 44.8 Å². The number of carbonyl (C=O) groups excluding carboxylic acids is 2. The molecule has 0 spiro atoms. The van der Waals surface area contributed by atoms with Crippen LogP contribution in [0, 0.1) is 0 Å². The molecule has 1 aromatic heterocycles. The smallest absolute Gasteiger partial charge is 0.255 e. The molecule has 0 radical (unpaired) electrons. The van der Waals surface area contributed by atoms with Crippen molar-refractivity contribution in [2.75, 3.05) is 11.9 Å². The van der Waals surface area contributed by atoms with E-state index < -0.39 is 0 Å². The molecule has 0 aliphatic carbocycles. The minimum Gasteiger partial charge on any atom is -0.491 e. The monoisotopic (exact) mass is 484 g/mol. The van der Waals surface area contributed by atoms with Crippen LogP contribution in [0.4, 0.5) is 5.69 Å². The van der Waals surface area contributed by atoms with E-state index in [0.29, 0.717) is 11.3 Å². The topological polar surface area (TPSA) is 58.6 Å². The molecule has 3 aromatic rings. The van der Waals surface area contributed by atoms with E-state index in [1.54, 1.807) is 40.5 Å². The van der Waals surface area contributed by atoms with Gasteiger partial charge in [-0.25, -0.2) is 0 Å². The van der Waals surface area contributed by atoms with E-state index in [2.05, 4.69) is 21.2 Å². The maximum Gasteiger partial charge on any atom is 0.255 e. The largest absolute Gasteiger partial charge is 0.491 e. The van der Waals surface area contributed by atoms with Crippen LogP contribution in [0.25, 0.3) is 0 Å². The van der Waals surface area contributed by atoms with Crippen LogP contribution in [0.1, 0.15) is 40.7 Å². The maximum absolute atomic E-state index is 13.5. The second kappa shape index (κ2) is 8.62. The van der Waals surface area contributed by atoms with Gasteiger partial charge in [0.05, 0.1) is 12.1 Å². The molecule has 1 aliphatic heterocycles. The van der Waals surface area contributed by atoms with E-state index >= 15 is 0 Å². The van der Waals surface area contributed by atoms with Gasteiger partial charge in [0.2, 0.25) is 5.91 Å². The molecule has 1 unspecified atom stereocenters. The lowest BCUT2D eigenvalue weighted by Crippen LogP contribution is -2.38. The number of ether oxygens (including phenoxy) is 1. The van der Waals surface area contributed by atoms with Crippen LogP contribution in [0.15, 0.2) is 64.5 Å². The van der Waals surface area contributed by atoms with Crippen molar-refractivity contribution in [2.45, 2.75) is 26.0 Å². The average Bonchev–Trinajstić information content (AvgIpc) is 3.18. The molecule has 7 heteroatoms. The van der Waals surface area contributed by atoms with Crippen LogP contribution >= 0.6 is 27.3 Å². The Morgan fingerprint density at radius 1 is 1.20 bits per heavy atom. The summed E-state index contributed by atoms with van der Waals surface area (Å²) in [6.45, 7) is 3.88. The minimum atomic E-state index is -0.365. The number of anilines is 1. The molecule has 0 fully saturated rings. The molecule has 154 valence electrons. The third-order valence-corrected chi connectivity index (χ3v) is 6.17. The first-order valence-corrected chi connectivity index (χ1v) is 11.3. The minimum absolute atomic E-state index is 0.0298. The fourth-order valence-corrected chi connectivity index (χ4v) is 4.77. The van der Waals surface area contributed by atoms with Crippen LogP contribution < -0.4 is 10.1 Å². The number of nitrogens with one attached hydrogen (secondary N) is 1. The van der Waals surface area contributed by atoms with Crippen molar-refractivity contribution in [3.63, 3.8) is 0 Å². The first-order chi connectivity index (χ1) is 14.4. The van der Waals surface area contributed by atoms with Crippen molar-refractivity contribution in [3.8, 4) is 5.75 Å². The normalized spacial score (nSPS) is 16.1. The third-order valence-electron chi connectivity index (χ3n) is 4.75. The highest BCUT2D eigenvalue weighted by Gasteiger charge is 2.34. The highest BCUT2D eigenvalue weighted by atomic mass is 79.9.